The van der Waals surface area contributed by atoms with Crippen LogP contribution in [-0.2, 0) is 19.1 Å². The molecule has 0 radical (unpaired) electrons. The number of aryl methyl sites for hydroxylation is 2. The predicted octanol–water partition coefficient (Wildman–Crippen LogP) is 5.95. The summed E-state index contributed by atoms with van der Waals surface area (Å²) in [7, 11) is 5.54. The van der Waals surface area contributed by atoms with E-state index in [0.29, 0.717) is 19.6 Å². The van der Waals surface area contributed by atoms with Gasteiger partial charge in [0, 0.05) is 30.6 Å². The van der Waals surface area contributed by atoms with Crippen LogP contribution in [-0.4, -0.2) is 87.6 Å². The van der Waals surface area contributed by atoms with E-state index < -0.39 is 12.1 Å². The number of fused-ring (bicyclic) bond motifs is 1. The first-order valence-electron chi connectivity index (χ1n) is 15.6. The summed E-state index contributed by atoms with van der Waals surface area (Å²) >= 11 is 1.54. The van der Waals surface area contributed by atoms with Crippen LogP contribution in [0.15, 0.2) is 71.6 Å². The number of anilines is 2. The van der Waals surface area contributed by atoms with Crippen molar-refractivity contribution in [3.63, 3.8) is 0 Å². The molecule has 9 nitrogen and oxygen atoms in total. The Morgan fingerprint density at radius 1 is 0.935 bits per heavy atom. The molecule has 3 aromatic carbocycles. The molecule has 3 aromatic rings. The second kappa shape index (κ2) is 17.7. The van der Waals surface area contributed by atoms with Gasteiger partial charge in [0.15, 0.2) is 6.10 Å². The first-order chi connectivity index (χ1) is 22.0. The second-order valence-electron chi connectivity index (χ2n) is 11.4. The zero-order valence-corrected chi connectivity index (χ0v) is 29.1. The van der Waals surface area contributed by atoms with Crippen LogP contribution in [0, 0.1) is 13.8 Å². The summed E-state index contributed by atoms with van der Waals surface area (Å²) < 4.78 is 10.8. The van der Waals surface area contributed by atoms with E-state index in [1.807, 2.05) is 99.6 Å². The quantitative estimate of drug-likeness (QED) is 0.255. The lowest BCUT2D eigenvalue weighted by molar-refractivity contribution is -0.152. The minimum Gasteiger partial charge on any atom is -0.497 e. The Morgan fingerprint density at radius 2 is 1.57 bits per heavy atom. The number of nitrogens with zero attached hydrogens (tertiary/aromatic N) is 3. The molecule has 1 N–H and O–H groups in total. The molecule has 0 saturated heterocycles. The number of nitrogens with one attached hydrogen (secondary N) is 1. The van der Waals surface area contributed by atoms with Gasteiger partial charge in [0.1, 0.15) is 5.75 Å². The zero-order chi connectivity index (χ0) is 33.8. The van der Waals surface area contributed by atoms with Crippen molar-refractivity contribution in [3.8, 4) is 5.75 Å². The summed E-state index contributed by atoms with van der Waals surface area (Å²) in [6, 6.07) is 21.4. The van der Waals surface area contributed by atoms with E-state index in [-0.39, 0.29) is 17.1 Å². The lowest BCUT2D eigenvalue weighted by Gasteiger charge is -2.28. The van der Waals surface area contributed by atoms with Gasteiger partial charge in [0.05, 0.1) is 24.6 Å². The van der Waals surface area contributed by atoms with Crippen LogP contribution < -0.4 is 15.0 Å². The number of esters is 1. The minimum absolute atomic E-state index is 0.0612. The van der Waals surface area contributed by atoms with Gasteiger partial charge in [-0.1, -0.05) is 56.3 Å². The Hall–Kier alpha value is -3.86. The van der Waals surface area contributed by atoms with Gasteiger partial charge < -0.3 is 24.6 Å². The number of hydrogen-bond donors (Lipinski definition) is 1. The number of carbonyl (C=O) groups excluding carboxylic acids is 3. The average molecular weight is 649 g/mol. The summed E-state index contributed by atoms with van der Waals surface area (Å²) in [6.07, 6.45) is -0.916. The van der Waals surface area contributed by atoms with Crippen LogP contribution in [0.4, 0.5) is 11.4 Å². The van der Waals surface area contributed by atoms with Crippen molar-refractivity contribution < 1.29 is 23.9 Å². The van der Waals surface area contributed by atoms with Crippen LogP contribution in [0.5, 0.6) is 5.75 Å². The molecule has 2 amide bonds. The van der Waals surface area contributed by atoms with Gasteiger partial charge in [-0.15, -0.1) is 11.8 Å². The maximum atomic E-state index is 13.6. The molecule has 0 bridgehead atoms. The molecule has 0 saturated carbocycles. The van der Waals surface area contributed by atoms with E-state index in [0.717, 1.165) is 51.8 Å². The maximum absolute atomic E-state index is 13.6. The van der Waals surface area contributed by atoms with Crippen molar-refractivity contribution in [2.75, 3.05) is 64.1 Å². The predicted molar refractivity (Wildman–Crippen MR) is 187 cm³/mol. The average Bonchev–Trinajstić information content (AvgIpc) is 3.14. The zero-order valence-electron chi connectivity index (χ0n) is 28.3. The third-order valence-electron chi connectivity index (χ3n) is 7.71. The van der Waals surface area contributed by atoms with Crippen LogP contribution in [0.25, 0.3) is 0 Å². The molecule has 0 unspecified atom stereocenters. The SMILES string of the molecule is CCN(CC)CC(=O)Nc1c(C)cccc1C.COc1ccc([C@@H]2Sc3ccccc3N(CCN(C)C)C(=O)[C@@H]2OC(C)=O)cc1. The number of methoxy groups -OCH3 is 1. The van der Waals surface area contributed by atoms with Crippen molar-refractivity contribution in [1.82, 2.24) is 9.80 Å². The molecular formula is C36H48N4O5S. The van der Waals surface area contributed by atoms with Gasteiger partial charge >= 0.3 is 5.97 Å². The largest absolute Gasteiger partial charge is 0.497 e. The van der Waals surface area contributed by atoms with E-state index in [9.17, 15) is 14.4 Å². The highest BCUT2D eigenvalue weighted by Crippen LogP contribution is 2.46. The standard InChI is InChI=1S/C22H26N2O4S.C14H22N2O/c1-15(25)28-20-21(16-9-11-17(27-4)12-10-16)29-19-8-6-5-7-18(19)24(22(20)26)14-13-23(2)3;1-5-16(6-2)10-13(17)15-14-11(3)8-7-9-12(14)4/h5-12,20-21H,13-14H2,1-4H3;7-9H,5-6,10H2,1-4H3,(H,15,17)/t20-,21+;/m1./s1. The molecule has 4 rings (SSSR count). The molecule has 1 aliphatic heterocycles. The van der Waals surface area contributed by atoms with Crippen molar-refractivity contribution in [3.05, 3.63) is 83.4 Å². The van der Waals surface area contributed by atoms with Gasteiger partial charge in [-0.3, -0.25) is 19.3 Å². The molecule has 0 spiro atoms. The fourth-order valence-electron chi connectivity index (χ4n) is 5.08. The Kier molecular flexibility index (Phi) is 14.1. The van der Waals surface area contributed by atoms with Gasteiger partial charge in [0.2, 0.25) is 5.91 Å². The van der Waals surface area contributed by atoms with Crippen LogP contribution in [0.2, 0.25) is 0 Å². The Balaban J connectivity index is 0.000000289. The van der Waals surface area contributed by atoms with E-state index in [4.69, 9.17) is 9.47 Å². The van der Waals surface area contributed by atoms with E-state index >= 15 is 0 Å². The summed E-state index contributed by atoms with van der Waals surface area (Å²) in [5, 5.41) is 2.64. The minimum atomic E-state index is -0.916. The van der Waals surface area contributed by atoms with Crippen molar-refractivity contribution in [2.24, 2.45) is 0 Å². The lowest BCUT2D eigenvalue weighted by Crippen LogP contribution is -2.45. The van der Waals surface area contributed by atoms with E-state index in [1.165, 1.54) is 6.92 Å². The molecular weight excluding hydrogens is 600 g/mol. The molecule has 2 atom stereocenters. The molecule has 1 aliphatic rings. The topological polar surface area (TPSA) is 91.4 Å². The third-order valence-corrected chi connectivity index (χ3v) is 9.08. The molecule has 1 heterocycles. The van der Waals surface area contributed by atoms with Crippen LogP contribution in [0.3, 0.4) is 0 Å². The van der Waals surface area contributed by atoms with Crippen LogP contribution >= 0.6 is 11.8 Å². The highest BCUT2D eigenvalue weighted by Gasteiger charge is 2.40. The fourth-order valence-corrected chi connectivity index (χ4v) is 6.40. The van der Waals surface area contributed by atoms with Crippen molar-refractivity contribution in [2.45, 2.75) is 50.9 Å². The van der Waals surface area contributed by atoms with Crippen molar-refractivity contribution in [1.29, 1.82) is 0 Å². The molecule has 0 fully saturated rings. The number of likely N-dealkylation sites (N-methyl/N-ethyl adjacent to an activating group) is 2. The summed E-state index contributed by atoms with van der Waals surface area (Å²) in [5.74, 6) is 0.114. The first kappa shape index (κ1) is 36.6. The Bertz CT molecular complexity index is 1440. The molecule has 0 aromatic heterocycles. The fraction of sp³-hybridized carbons (Fsp3) is 0.417. The lowest BCUT2D eigenvalue weighted by atomic mass is 10.1. The maximum Gasteiger partial charge on any atom is 0.303 e. The number of amides is 2. The summed E-state index contributed by atoms with van der Waals surface area (Å²) in [5.41, 5.74) is 4.91. The van der Waals surface area contributed by atoms with Gasteiger partial charge in [-0.2, -0.15) is 0 Å². The highest BCUT2D eigenvalue weighted by molar-refractivity contribution is 7.99. The number of para-hydroxylation sites is 2. The monoisotopic (exact) mass is 648 g/mol. The van der Waals surface area contributed by atoms with Crippen LogP contribution in [0.1, 0.15) is 42.7 Å². The number of hydrogen-bond acceptors (Lipinski definition) is 8. The van der Waals surface area contributed by atoms with Gasteiger partial charge in [0.25, 0.3) is 5.91 Å². The third kappa shape index (κ3) is 10.1. The van der Waals surface area contributed by atoms with Gasteiger partial charge in [-0.05, 0) is 82.0 Å². The summed E-state index contributed by atoms with van der Waals surface area (Å²) in [4.78, 5) is 44.2. The van der Waals surface area contributed by atoms with E-state index in [1.54, 1.807) is 23.8 Å². The number of benzene rings is 3. The highest BCUT2D eigenvalue weighted by atomic mass is 32.2. The molecule has 46 heavy (non-hydrogen) atoms. The summed E-state index contributed by atoms with van der Waals surface area (Å²) in [6.45, 7) is 13.0. The Labute approximate surface area is 278 Å². The Morgan fingerprint density at radius 3 is 2.13 bits per heavy atom. The molecule has 248 valence electrons. The van der Waals surface area contributed by atoms with E-state index in [2.05, 4.69) is 24.1 Å². The molecule has 0 aliphatic carbocycles. The number of thioether (sulfide) groups is 1. The normalized spacial score (nSPS) is 15.9. The van der Waals surface area contributed by atoms with Crippen molar-refractivity contribution >= 4 is 40.9 Å². The molecule has 10 heteroatoms. The number of rotatable bonds is 11. The number of carbonyl (C=O) groups is 3. The second-order valence-corrected chi connectivity index (χ2v) is 12.6. The number of ether oxygens (including phenoxy) is 2. The van der Waals surface area contributed by atoms with Gasteiger partial charge in [-0.25, -0.2) is 0 Å². The smallest absolute Gasteiger partial charge is 0.303 e. The first-order valence-corrected chi connectivity index (χ1v) is 16.5.